The molecule has 0 bridgehead atoms. The number of methoxy groups -OCH3 is 6. The van der Waals surface area contributed by atoms with Gasteiger partial charge in [0.05, 0.1) is 49.2 Å². The molecule has 3 aromatic carbocycles. The van der Waals surface area contributed by atoms with E-state index in [1.807, 2.05) is 0 Å². The number of anilines is 1. The minimum absolute atomic E-state index is 0.152. The van der Waals surface area contributed by atoms with Crippen LogP contribution in [0, 0.1) is 0 Å². The highest BCUT2D eigenvalue weighted by Gasteiger charge is 2.51. The van der Waals surface area contributed by atoms with E-state index in [0.29, 0.717) is 22.7 Å². The maximum absolute atomic E-state index is 13.9. The first kappa shape index (κ1) is 29.8. The molecule has 1 heterocycles. The monoisotopic (exact) mass is 579 g/mol. The summed E-state index contributed by atoms with van der Waals surface area (Å²) in [5, 5.41) is 5.70. The van der Waals surface area contributed by atoms with Gasteiger partial charge in [-0.05, 0) is 30.3 Å². The third-order valence-electron chi connectivity index (χ3n) is 7.09. The number of ether oxygens (including phenoxy) is 6. The number of nitrogens with one attached hydrogen (secondary N) is 2. The summed E-state index contributed by atoms with van der Waals surface area (Å²) in [6, 6.07) is 13.0. The lowest BCUT2D eigenvalue weighted by atomic mass is 9.90. The zero-order chi connectivity index (χ0) is 30.6. The van der Waals surface area contributed by atoms with Gasteiger partial charge in [0, 0.05) is 29.4 Å². The van der Waals surface area contributed by atoms with Crippen LogP contribution in [-0.4, -0.2) is 74.0 Å². The highest BCUT2D eigenvalue weighted by atomic mass is 16.5. The minimum atomic E-state index is -1.64. The van der Waals surface area contributed by atoms with Gasteiger partial charge >= 0.3 is 0 Å². The van der Waals surface area contributed by atoms with Crippen LogP contribution in [0.2, 0.25) is 0 Å². The molecule has 1 atom stereocenters. The molecule has 0 fully saturated rings. The summed E-state index contributed by atoms with van der Waals surface area (Å²) in [5.41, 5.74) is -0.181. The summed E-state index contributed by atoms with van der Waals surface area (Å²) in [6.07, 6.45) is 0. The van der Waals surface area contributed by atoms with E-state index >= 15 is 0 Å². The number of amides is 3. The first-order valence-corrected chi connectivity index (χ1v) is 12.8. The van der Waals surface area contributed by atoms with Crippen molar-refractivity contribution in [2.24, 2.45) is 0 Å². The van der Waals surface area contributed by atoms with Crippen molar-refractivity contribution in [3.63, 3.8) is 0 Å². The zero-order valence-corrected chi connectivity index (χ0v) is 24.4. The summed E-state index contributed by atoms with van der Waals surface area (Å²) in [5.74, 6) is 0.172. The molecule has 0 aromatic heterocycles. The van der Waals surface area contributed by atoms with Crippen molar-refractivity contribution in [2.45, 2.75) is 5.54 Å². The normalized spacial score (nSPS) is 15.4. The average molecular weight is 580 g/mol. The lowest BCUT2D eigenvalue weighted by Gasteiger charge is -2.30. The van der Waals surface area contributed by atoms with Crippen LogP contribution in [0.15, 0.2) is 48.5 Å². The van der Waals surface area contributed by atoms with Gasteiger partial charge < -0.3 is 44.0 Å². The van der Waals surface area contributed by atoms with Crippen LogP contribution in [-0.2, 0) is 10.3 Å². The van der Waals surface area contributed by atoms with Crippen molar-refractivity contribution in [1.82, 2.24) is 10.6 Å². The Balaban J connectivity index is 1.74. The highest BCUT2D eigenvalue weighted by Crippen LogP contribution is 2.42. The summed E-state index contributed by atoms with van der Waals surface area (Å²) < 4.78 is 32.2. The molecule has 12 heteroatoms. The number of likely N-dealkylation sites (N-methyl/N-ethyl adjacent to an activating group) is 1. The maximum atomic E-state index is 13.9. The number of hydrogen-bond donors (Lipinski definition) is 2. The second kappa shape index (κ2) is 12.2. The van der Waals surface area contributed by atoms with E-state index in [9.17, 15) is 14.4 Å². The van der Waals surface area contributed by atoms with Crippen molar-refractivity contribution in [2.75, 3.05) is 61.2 Å². The van der Waals surface area contributed by atoms with Crippen molar-refractivity contribution in [1.29, 1.82) is 0 Å². The lowest BCUT2D eigenvalue weighted by Crippen LogP contribution is -2.58. The Labute approximate surface area is 243 Å². The predicted molar refractivity (Wildman–Crippen MR) is 154 cm³/mol. The highest BCUT2D eigenvalue weighted by molar-refractivity contribution is 6.11. The van der Waals surface area contributed by atoms with Crippen molar-refractivity contribution < 1.29 is 42.8 Å². The van der Waals surface area contributed by atoms with Gasteiger partial charge in [-0.25, -0.2) is 0 Å². The Hall–Kier alpha value is -5.13. The third-order valence-corrected chi connectivity index (χ3v) is 7.09. The molecular formula is C30H33N3O9. The van der Waals surface area contributed by atoms with Gasteiger partial charge in [-0.3, -0.25) is 14.4 Å². The Bertz CT molecular complexity index is 1470. The number of rotatable bonds is 11. The van der Waals surface area contributed by atoms with Crippen molar-refractivity contribution in [3.8, 4) is 34.5 Å². The molecule has 1 aliphatic rings. The first-order chi connectivity index (χ1) is 20.2. The quantitative estimate of drug-likeness (QED) is 0.352. The second-order valence-electron chi connectivity index (χ2n) is 9.25. The molecule has 0 saturated heterocycles. The molecular weight excluding hydrogens is 546 g/mol. The van der Waals surface area contributed by atoms with E-state index < -0.39 is 23.3 Å². The van der Waals surface area contributed by atoms with Crippen molar-refractivity contribution >= 4 is 23.4 Å². The van der Waals surface area contributed by atoms with E-state index in [2.05, 4.69) is 10.6 Å². The molecule has 4 rings (SSSR count). The molecule has 0 radical (unpaired) electrons. The lowest BCUT2D eigenvalue weighted by molar-refractivity contribution is -0.123. The number of para-hydroxylation sites is 1. The second-order valence-corrected chi connectivity index (χ2v) is 9.25. The molecule has 2 N–H and O–H groups in total. The molecule has 42 heavy (non-hydrogen) atoms. The number of fused-ring (bicyclic) bond motifs is 1. The summed E-state index contributed by atoms with van der Waals surface area (Å²) in [6.45, 7) is -0.265. The largest absolute Gasteiger partial charge is 0.493 e. The molecule has 0 saturated carbocycles. The van der Waals surface area contributed by atoms with Gasteiger partial charge in [0.1, 0.15) is 0 Å². The van der Waals surface area contributed by atoms with Gasteiger partial charge in [-0.1, -0.05) is 18.2 Å². The fourth-order valence-electron chi connectivity index (χ4n) is 4.98. The SMILES string of the molecule is COc1cc(C(=O)NCC2(NC(=O)c3cc(OC)c(OC)c(OC)c3)C(=O)N(C)c3ccccc32)cc(OC)c1OC. The molecule has 0 aliphatic carbocycles. The van der Waals surface area contributed by atoms with Crippen LogP contribution >= 0.6 is 0 Å². The smallest absolute Gasteiger partial charge is 0.259 e. The van der Waals surface area contributed by atoms with Gasteiger partial charge in [0.25, 0.3) is 17.7 Å². The number of nitrogens with zero attached hydrogens (tertiary/aromatic N) is 1. The summed E-state index contributed by atoms with van der Waals surface area (Å²) >= 11 is 0. The Kier molecular flexibility index (Phi) is 8.65. The number of hydrogen-bond acceptors (Lipinski definition) is 9. The predicted octanol–water partition coefficient (Wildman–Crippen LogP) is 2.77. The van der Waals surface area contributed by atoms with E-state index in [0.717, 1.165) is 0 Å². The summed E-state index contributed by atoms with van der Waals surface area (Å²) in [4.78, 5) is 42.5. The van der Waals surface area contributed by atoms with E-state index in [1.165, 1.54) is 71.8 Å². The standard InChI is InChI=1S/C30H33N3O9/c1-33-20-11-9-8-10-19(20)30(29(33)36,32-28(35)18-14-23(39-4)26(42-7)24(15-18)40-5)16-31-27(34)17-12-21(37-2)25(41-6)22(13-17)38-3/h8-15H,16H2,1-7H3,(H,31,34)(H,32,35). The van der Waals surface area contributed by atoms with Crippen LogP contribution in [0.1, 0.15) is 26.3 Å². The summed E-state index contributed by atoms with van der Waals surface area (Å²) in [7, 11) is 10.3. The van der Waals surface area contributed by atoms with Crippen LogP contribution in [0.25, 0.3) is 0 Å². The molecule has 3 amide bonds. The number of carbonyl (C=O) groups is 3. The molecule has 12 nitrogen and oxygen atoms in total. The topological polar surface area (TPSA) is 134 Å². The Morgan fingerprint density at radius 1 is 0.714 bits per heavy atom. The van der Waals surface area contributed by atoms with E-state index in [-0.39, 0.29) is 40.7 Å². The van der Waals surface area contributed by atoms with Gasteiger partial charge in [-0.15, -0.1) is 0 Å². The van der Waals surface area contributed by atoms with Crippen LogP contribution in [0.3, 0.4) is 0 Å². The first-order valence-electron chi connectivity index (χ1n) is 12.8. The van der Waals surface area contributed by atoms with Crippen LogP contribution < -0.4 is 44.0 Å². The van der Waals surface area contributed by atoms with E-state index in [4.69, 9.17) is 28.4 Å². The fraction of sp³-hybridized carbons (Fsp3) is 0.300. The molecule has 0 spiro atoms. The maximum Gasteiger partial charge on any atom is 0.259 e. The average Bonchev–Trinajstić information content (AvgIpc) is 3.23. The van der Waals surface area contributed by atoms with Crippen LogP contribution in [0.4, 0.5) is 5.69 Å². The van der Waals surface area contributed by atoms with Gasteiger partial charge in [0.2, 0.25) is 11.5 Å². The number of carbonyl (C=O) groups excluding carboxylic acids is 3. The minimum Gasteiger partial charge on any atom is -0.493 e. The Morgan fingerprint density at radius 3 is 1.62 bits per heavy atom. The molecule has 3 aromatic rings. The fourth-order valence-corrected chi connectivity index (χ4v) is 4.98. The Morgan fingerprint density at radius 2 is 1.17 bits per heavy atom. The third kappa shape index (κ3) is 5.06. The number of benzene rings is 3. The van der Waals surface area contributed by atoms with Gasteiger partial charge in [-0.2, -0.15) is 0 Å². The van der Waals surface area contributed by atoms with Gasteiger partial charge in [0.15, 0.2) is 28.5 Å². The van der Waals surface area contributed by atoms with Crippen molar-refractivity contribution in [3.05, 3.63) is 65.2 Å². The van der Waals surface area contributed by atoms with Crippen LogP contribution in [0.5, 0.6) is 34.5 Å². The molecule has 222 valence electrons. The molecule has 1 unspecified atom stereocenters. The van der Waals surface area contributed by atoms with E-state index in [1.54, 1.807) is 31.3 Å². The zero-order valence-electron chi connectivity index (χ0n) is 24.4. The molecule has 1 aliphatic heterocycles.